The Kier molecular flexibility index (Phi) is 6.73. The molecule has 6 nitrogen and oxygen atoms in total. The third-order valence-corrected chi connectivity index (χ3v) is 6.93. The van der Waals surface area contributed by atoms with Gasteiger partial charge in [-0.2, -0.15) is 0 Å². The predicted octanol–water partition coefficient (Wildman–Crippen LogP) is 4.05. The number of halogens is 1. The van der Waals surface area contributed by atoms with E-state index in [1.807, 2.05) is 45.9 Å². The number of benzene rings is 2. The summed E-state index contributed by atoms with van der Waals surface area (Å²) in [5.74, 6) is -0.904. The molecule has 2 aromatic rings. The van der Waals surface area contributed by atoms with Crippen LogP contribution in [0.1, 0.15) is 60.6 Å². The lowest BCUT2D eigenvalue weighted by molar-refractivity contribution is -0.139. The van der Waals surface area contributed by atoms with E-state index in [0.717, 1.165) is 28.0 Å². The normalized spacial score (nSPS) is 22.5. The van der Waals surface area contributed by atoms with Gasteiger partial charge in [-0.05, 0) is 69.4 Å². The van der Waals surface area contributed by atoms with Crippen LogP contribution in [-0.2, 0) is 16.0 Å². The summed E-state index contributed by atoms with van der Waals surface area (Å²) in [6.07, 6.45) is -0.716. The van der Waals surface area contributed by atoms with E-state index in [0.29, 0.717) is 18.5 Å². The number of carboxylic acids is 1. The maximum Gasteiger partial charge on any atom is 0.311 e. The maximum atomic E-state index is 13.9. The van der Waals surface area contributed by atoms with Crippen molar-refractivity contribution in [3.63, 3.8) is 0 Å². The van der Waals surface area contributed by atoms with Gasteiger partial charge in [0.25, 0.3) is 0 Å². The van der Waals surface area contributed by atoms with E-state index < -0.39 is 18.0 Å². The zero-order chi connectivity index (χ0) is 24.8. The monoisotopic (exact) mass is 471 g/mol. The first-order valence-corrected chi connectivity index (χ1v) is 11.8. The second-order valence-corrected chi connectivity index (χ2v) is 10.3. The molecule has 0 saturated heterocycles. The highest BCUT2D eigenvalue weighted by atomic mass is 19.1. The Balaban J connectivity index is 1.32. The molecule has 34 heavy (non-hydrogen) atoms. The Bertz CT molecular complexity index is 1080. The smallest absolute Gasteiger partial charge is 0.311 e. The van der Waals surface area contributed by atoms with Crippen molar-refractivity contribution >= 4 is 5.97 Å². The first-order chi connectivity index (χ1) is 16.0. The van der Waals surface area contributed by atoms with Crippen LogP contribution in [-0.4, -0.2) is 47.1 Å². The molecule has 4 rings (SSSR count). The van der Waals surface area contributed by atoms with Crippen LogP contribution >= 0.6 is 0 Å². The van der Waals surface area contributed by atoms with Crippen molar-refractivity contribution in [3.8, 4) is 5.75 Å². The molecule has 0 spiro atoms. The first kappa shape index (κ1) is 24.6. The molecule has 1 aliphatic carbocycles. The molecule has 1 heterocycles. The third kappa shape index (κ3) is 4.97. The minimum atomic E-state index is -0.834. The average Bonchev–Trinajstić information content (AvgIpc) is 3.35. The number of hydrogen-bond acceptors (Lipinski definition) is 5. The van der Waals surface area contributed by atoms with E-state index in [1.54, 1.807) is 19.1 Å². The summed E-state index contributed by atoms with van der Waals surface area (Å²) in [4.78, 5) is 11.5. The van der Waals surface area contributed by atoms with Gasteiger partial charge in [0.15, 0.2) is 0 Å². The number of nitrogens with one attached hydrogen (secondary N) is 1. The van der Waals surface area contributed by atoms with Crippen molar-refractivity contribution in [1.29, 1.82) is 0 Å². The maximum absolute atomic E-state index is 13.9. The Hall–Kier alpha value is -2.48. The van der Waals surface area contributed by atoms with Crippen LogP contribution in [0.4, 0.5) is 4.39 Å². The lowest BCUT2D eigenvalue weighted by atomic mass is 9.94. The van der Waals surface area contributed by atoms with Crippen molar-refractivity contribution in [1.82, 2.24) is 5.32 Å². The number of carboxylic acid groups (broad SMARTS) is 1. The lowest BCUT2D eigenvalue weighted by Crippen LogP contribution is -2.46. The van der Waals surface area contributed by atoms with E-state index >= 15 is 0 Å². The Labute approximate surface area is 200 Å². The van der Waals surface area contributed by atoms with E-state index in [9.17, 15) is 19.4 Å². The lowest BCUT2D eigenvalue weighted by Gasteiger charge is -2.28. The summed E-state index contributed by atoms with van der Waals surface area (Å²) < 4.78 is 25.8. The zero-order valence-electron chi connectivity index (χ0n) is 20.4. The minimum absolute atomic E-state index is 0.128. The summed E-state index contributed by atoms with van der Waals surface area (Å²) in [6, 6.07) is 9.19. The molecule has 0 amide bonds. The molecule has 0 bridgehead atoms. The molecule has 1 fully saturated rings. The van der Waals surface area contributed by atoms with Crippen LogP contribution in [0.15, 0.2) is 30.3 Å². The summed E-state index contributed by atoms with van der Waals surface area (Å²) in [5.41, 5.74) is 4.02. The van der Waals surface area contributed by atoms with Gasteiger partial charge in [-0.1, -0.05) is 24.3 Å². The number of aliphatic hydroxyl groups is 1. The van der Waals surface area contributed by atoms with Crippen molar-refractivity contribution in [2.45, 2.75) is 70.8 Å². The van der Waals surface area contributed by atoms with Gasteiger partial charge >= 0.3 is 5.97 Å². The number of rotatable bonds is 10. The van der Waals surface area contributed by atoms with Gasteiger partial charge in [-0.25, -0.2) is 4.39 Å². The quantitative estimate of drug-likeness (QED) is 0.485. The number of aryl methyl sites for hydroxylation is 2. The van der Waals surface area contributed by atoms with Crippen molar-refractivity contribution < 1.29 is 28.9 Å². The van der Waals surface area contributed by atoms with Gasteiger partial charge in [0.1, 0.15) is 23.6 Å². The number of aliphatic hydroxyl groups excluding tert-OH is 1. The zero-order valence-corrected chi connectivity index (χ0v) is 20.4. The minimum Gasteiger partial charge on any atom is -0.488 e. The second-order valence-electron chi connectivity index (χ2n) is 10.3. The highest BCUT2D eigenvalue weighted by Gasteiger charge is 2.64. The Morgan fingerprint density at radius 1 is 1.24 bits per heavy atom. The van der Waals surface area contributed by atoms with Gasteiger partial charge in [-0.15, -0.1) is 0 Å². The van der Waals surface area contributed by atoms with Gasteiger partial charge in [-0.3, -0.25) is 4.79 Å². The van der Waals surface area contributed by atoms with Crippen molar-refractivity contribution in [3.05, 3.63) is 64.0 Å². The van der Waals surface area contributed by atoms with E-state index in [2.05, 4.69) is 5.32 Å². The van der Waals surface area contributed by atoms with Crippen LogP contribution in [0.2, 0.25) is 0 Å². The second kappa shape index (κ2) is 9.29. The fourth-order valence-electron chi connectivity index (χ4n) is 4.90. The molecule has 0 aromatic heterocycles. The number of aliphatic carboxylic acids is 1. The van der Waals surface area contributed by atoms with E-state index in [-0.39, 0.29) is 36.1 Å². The molecule has 2 aromatic carbocycles. The Morgan fingerprint density at radius 3 is 2.62 bits per heavy atom. The molecular weight excluding hydrogens is 437 g/mol. The highest BCUT2D eigenvalue weighted by molar-refractivity contribution is 5.79. The SMILES string of the molecule is Cc1ccc(CC(C)(C)NCC(O)CO[C@H](C)c2ccc(C)c3c2[C@H]2[C@@H](O3)[C@@H]2C(=O)O)cc1F. The van der Waals surface area contributed by atoms with Crippen LogP contribution < -0.4 is 10.1 Å². The topological polar surface area (TPSA) is 88.0 Å². The predicted molar refractivity (Wildman–Crippen MR) is 127 cm³/mol. The summed E-state index contributed by atoms with van der Waals surface area (Å²) >= 11 is 0. The molecule has 2 aliphatic rings. The molecule has 0 radical (unpaired) electrons. The highest BCUT2D eigenvalue weighted by Crippen LogP contribution is 2.61. The third-order valence-electron chi connectivity index (χ3n) is 6.93. The summed E-state index contributed by atoms with van der Waals surface area (Å²) in [7, 11) is 0. The van der Waals surface area contributed by atoms with E-state index in [1.165, 1.54) is 0 Å². The van der Waals surface area contributed by atoms with Crippen LogP contribution in [0.3, 0.4) is 0 Å². The molecule has 1 unspecified atom stereocenters. The molecule has 184 valence electrons. The largest absolute Gasteiger partial charge is 0.488 e. The molecule has 7 heteroatoms. The van der Waals surface area contributed by atoms with Gasteiger partial charge < -0.3 is 25.0 Å². The van der Waals surface area contributed by atoms with Gasteiger partial charge in [0, 0.05) is 23.6 Å². The van der Waals surface area contributed by atoms with Crippen LogP contribution in [0, 0.1) is 25.6 Å². The molecule has 5 atom stereocenters. The van der Waals surface area contributed by atoms with Crippen LogP contribution in [0.5, 0.6) is 5.75 Å². The number of hydrogen-bond donors (Lipinski definition) is 3. The average molecular weight is 472 g/mol. The summed E-state index contributed by atoms with van der Waals surface area (Å²) in [6.45, 7) is 10.1. The van der Waals surface area contributed by atoms with Gasteiger partial charge in [0.2, 0.25) is 0 Å². The van der Waals surface area contributed by atoms with Gasteiger partial charge in [0.05, 0.1) is 18.8 Å². The van der Waals surface area contributed by atoms with Crippen molar-refractivity contribution in [2.75, 3.05) is 13.2 Å². The standard InChI is InChI=1S/C27H34FNO5/c1-14-6-8-17(10-20(14)28)11-27(4,5)29-12-18(30)13-33-16(3)19-9-7-15(2)24-21(19)22-23(26(31)32)25(22)34-24/h6-10,16,18,22-23,25,29-30H,11-13H2,1-5H3,(H,31,32)/t16-,18?,22-,23-,25-/m1/s1. The molecule has 3 N–H and O–H groups in total. The molecule has 1 saturated carbocycles. The van der Waals surface area contributed by atoms with Crippen molar-refractivity contribution in [2.24, 2.45) is 5.92 Å². The first-order valence-electron chi connectivity index (χ1n) is 11.8. The van der Waals surface area contributed by atoms with E-state index in [4.69, 9.17) is 9.47 Å². The fourth-order valence-corrected chi connectivity index (χ4v) is 4.90. The number of fused-ring (bicyclic) bond motifs is 3. The number of ether oxygens (including phenoxy) is 2. The van der Waals surface area contributed by atoms with Crippen LogP contribution in [0.25, 0.3) is 0 Å². The number of β-amino-alcohol motifs (C(OH)–C–C–N with tert-alkyl or cyclic N) is 1. The Morgan fingerprint density at radius 2 is 1.94 bits per heavy atom. The molecular formula is C27H34FNO5. The molecule has 1 aliphatic heterocycles. The summed E-state index contributed by atoms with van der Waals surface area (Å²) in [5, 5.41) is 23.3. The number of carbonyl (C=O) groups is 1. The fraction of sp³-hybridized carbons (Fsp3) is 0.519.